The summed E-state index contributed by atoms with van der Waals surface area (Å²) in [5.74, 6) is -0.0600. The summed E-state index contributed by atoms with van der Waals surface area (Å²) >= 11 is 0. The Labute approximate surface area is 123 Å². The number of rotatable bonds is 6. The van der Waals surface area contributed by atoms with Crippen molar-refractivity contribution < 1.29 is 13.5 Å². The highest BCUT2D eigenvalue weighted by atomic mass is 19.1. The van der Waals surface area contributed by atoms with Crippen LogP contribution in [0.1, 0.15) is 19.4 Å². The molecule has 0 bridgehead atoms. The summed E-state index contributed by atoms with van der Waals surface area (Å²) in [4.78, 5) is 0. The van der Waals surface area contributed by atoms with Crippen LogP contribution in [0.15, 0.2) is 42.5 Å². The summed E-state index contributed by atoms with van der Waals surface area (Å²) in [7, 11) is 0. The van der Waals surface area contributed by atoms with E-state index in [1.165, 1.54) is 24.3 Å². The summed E-state index contributed by atoms with van der Waals surface area (Å²) in [5, 5.41) is 3.30. The number of benzene rings is 2. The lowest BCUT2D eigenvalue weighted by Gasteiger charge is -2.18. The monoisotopic (exact) mass is 291 g/mol. The fourth-order valence-electron chi connectivity index (χ4n) is 2.18. The third kappa shape index (κ3) is 4.45. The van der Waals surface area contributed by atoms with Gasteiger partial charge < -0.3 is 10.1 Å². The van der Waals surface area contributed by atoms with Gasteiger partial charge in [0.25, 0.3) is 0 Å². The summed E-state index contributed by atoms with van der Waals surface area (Å²) in [5.41, 5.74) is 1.80. The third-order valence-electron chi connectivity index (χ3n) is 3.10. The normalized spacial score (nSPS) is 12.0. The zero-order chi connectivity index (χ0) is 15.2. The van der Waals surface area contributed by atoms with Crippen LogP contribution in [0.2, 0.25) is 0 Å². The van der Waals surface area contributed by atoms with Crippen molar-refractivity contribution in [1.29, 1.82) is 0 Å². The molecule has 0 heterocycles. The first kappa shape index (κ1) is 15.3. The van der Waals surface area contributed by atoms with Crippen molar-refractivity contribution in [3.05, 3.63) is 59.7 Å². The molecule has 0 saturated heterocycles. The second-order valence-corrected chi connectivity index (χ2v) is 4.95. The van der Waals surface area contributed by atoms with Crippen LogP contribution in [0.5, 0.6) is 5.75 Å². The van der Waals surface area contributed by atoms with Crippen LogP contribution >= 0.6 is 0 Å². The molecule has 1 atom stereocenters. The van der Waals surface area contributed by atoms with Gasteiger partial charge in [0.2, 0.25) is 0 Å². The molecule has 2 aromatic rings. The van der Waals surface area contributed by atoms with E-state index in [0.717, 1.165) is 17.7 Å². The molecular formula is C17H19F2NO. The molecule has 2 aromatic carbocycles. The van der Waals surface area contributed by atoms with Crippen LogP contribution in [-0.4, -0.2) is 12.6 Å². The molecule has 0 aromatic heterocycles. The molecule has 0 fully saturated rings. The lowest BCUT2D eigenvalue weighted by atomic mass is 10.1. The smallest absolute Gasteiger partial charge is 0.145 e. The molecule has 2 rings (SSSR count). The van der Waals surface area contributed by atoms with E-state index in [-0.39, 0.29) is 17.7 Å². The van der Waals surface area contributed by atoms with Crippen LogP contribution in [0.3, 0.4) is 0 Å². The minimum Gasteiger partial charge on any atom is -0.492 e. The van der Waals surface area contributed by atoms with Crippen LogP contribution in [0.4, 0.5) is 14.5 Å². The van der Waals surface area contributed by atoms with E-state index in [9.17, 15) is 8.78 Å². The van der Waals surface area contributed by atoms with E-state index in [0.29, 0.717) is 12.4 Å². The molecule has 0 radical (unpaired) electrons. The molecule has 1 N–H and O–H groups in total. The van der Waals surface area contributed by atoms with Crippen molar-refractivity contribution in [3.63, 3.8) is 0 Å². The summed E-state index contributed by atoms with van der Waals surface area (Å²) in [6.45, 7) is 4.35. The lowest BCUT2D eigenvalue weighted by molar-refractivity contribution is 0.339. The van der Waals surface area contributed by atoms with E-state index in [1.54, 1.807) is 18.2 Å². The largest absolute Gasteiger partial charge is 0.492 e. The van der Waals surface area contributed by atoms with Gasteiger partial charge >= 0.3 is 0 Å². The van der Waals surface area contributed by atoms with E-state index in [2.05, 4.69) is 5.32 Å². The minimum atomic E-state index is -0.324. The van der Waals surface area contributed by atoms with Crippen LogP contribution in [-0.2, 0) is 6.42 Å². The van der Waals surface area contributed by atoms with Gasteiger partial charge in [0.15, 0.2) is 0 Å². The predicted octanol–water partition coefficient (Wildman–Crippen LogP) is 4.41. The van der Waals surface area contributed by atoms with E-state index < -0.39 is 0 Å². The number of halogens is 2. The zero-order valence-electron chi connectivity index (χ0n) is 12.2. The number of anilines is 1. The maximum Gasteiger partial charge on any atom is 0.145 e. The Morgan fingerprint density at radius 2 is 1.71 bits per heavy atom. The molecule has 0 aliphatic carbocycles. The predicted molar refractivity (Wildman–Crippen MR) is 80.8 cm³/mol. The highest BCUT2D eigenvalue weighted by molar-refractivity contribution is 5.57. The van der Waals surface area contributed by atoms with Crippen LogP contribution in [0, 0.1) is 11.6 Å². The maximum absolute atomic E-state index is 13.2. The van der Waals surface area contributed by atoms with Gasteiger partial charge in [-0.05, 0) is 50.1 Å². The fraction of sp³-hybridized carbons (Fsp3) is 0.294. The van der Waals surface area contributed by atoms with Gasteiger partial charge in [-0.2, -0.15) is 0 Å². The molecule has 21 heavy (non-hydrogen) atoms. The molecule has 4 heteroatoms. The molecule has 0 aliphatic heterocycles. The average molecular weight is 291 g/mol. The van der Waals surface area contributed by atoms with E-state index >= 15 is 0 Å². The summed E-state index contributed by atoms with van der Waals surface area (Å²) in [6, 6.07) is 11.0. The van der Waals surface area contributed by atoms with Gasteiger partial charge in [0.1, 0.15) is 17.4 Å². The van der Waals surface area contributed by atoms with Gasteiger partial charge in [-0.25, -0.2) is 8.78 Å². The Morgan fingerprint density at radius 1 is 1.05 bits per heavy atom. The van der Waals surface area contributed by atoms with Gasteiger partial charge in [-0.1, -0.05) is 12.1 Å². The second-order valence-electron chi connectivity index (χ2n) is 4.95. The van der Waals surface area contributed by atoms with Gasteiger partial charge in [-0.15, -0.1) is 0 Å². The van der Waals surface area contributed by atoms with Crippen molar-refractivity contribution in [1.82, 2.24) is 0 Å². The van der Waals surface area contributed by atoms with Gasteiger partial charge in [0.05, 0.1) is 12.3 Å². The first-order valence-electron chi connectivity index (χ1n) is 7.02. The molecule has 0 spiro atoms. The SMILES string of the molecule is CCOc1cc(F)ccc1NC(C)Cc1ccc(F)cc1. The van der Waals surface area contributed by atoms with Crippen molar-refractivity contribution >= 4 is 5.69 Å². The lowest BCUT2D eigenvalue weighted by Crippen LogP contribution is -2.18. The van der Waals surface area contributed by atoms with Crippen molar-refractivity contribution in [2.24, 2.45) is 0 Å². The van der Waals surface area contributed by atoms with E-state index in [4.69, 9.17) is 4.74 Å². The van der Waals surface area contributed by atoms with E-state index in [1.807, 2.05) is 13.8 Å². The Morgan fingerprint density at radius 3 is 2.38 bits per heavy atom. The highest BCUT2D eigenvalue weighted by Gasteiger charge is 2.09. The maximum atomic E-state index is 13.2. The van der Waals surface area contributed by atoms with Gasteiger partial charge in [-0.3, -0.25) is 0 Å². The molecule has 0 aliphatic rings. The Bertz CT molecular complexity index is 584. The molecule has 112 valence electrons. The van der Waals surface area contributed by atoms with Gasteiger partial charge in [0, 0.05) is 12.1 Å². The number of ether oxygens (including phenoxy) is 1. The third-order valence-corrected chi connectivity index (χ3v) is 3.10. The number of hydrogen-bond donors (Lipinski definition) is 1. The molecule has 0 saturated carbocycles. The molecule has 2 nitrogen and oxygen atoms in total. The van der Waals surface area contributed by atoms with Crippen molar-refractivity contribution in [3.8, 4) is 5.75 Å². The van der Waals surface area contributed by atoms with Crippen LogP contribution in [0.25, 0.3) is 0 Å². The Hall–Kier alpha value is -2.10. The zero-order valence-corrected chi connectivity index (χ0v) is 12.2. The fourth-order valence-corrected chi connectivity index (χ4v) is 2.18. The topological polar surface area (TPSA) is 21.3 Å². The summed E-state index contributed by atoms with van der Waals surface area (Å²) in [6.07, 6.45) is 0.739. The molecule has 1 unspecified atom stereocenters. The number of hydrogen-bond acceptors (Lipinski definition) is 2. The number of nitrogens with one attached hydrogen (secondary N) is 1. The second kappa shape index (κ2) is 7.07. The Kier molecular flexibility index (Phi) is 5.14. The Balaban J connectivity index is 2.05. The first-order chi connectivity index (χ1) is 10.1. The highest BCUT2D eigenvalue weighted by Crippen LogP contribution is 2.26. The minimum absolute atomic E-state index is 0.111. The van der Waals surface area contributed by atoms with Crippen molar-refractivity contribution in [2.45, 2.75) is 26.3 Å². The van der Waals surface area contributed by atoms with Crippen molar-refractivity contribution in [2.75, 3.05) is 11.9 Å². The molecular weight excluding hydrogens is 272 g/mol. The summed E-state index contributed by atoms with van der Waals surface area (Å²) < 4.78 is 31.6. The quantitative estimate of drug-likeness (QED) is 0.851. The first-order valence-corrected chi connectivity index (χ1v) is 7.02. The van der Waals surface area contributed by atoms with Crippen LogP contribution < -0.4 is 10.1 Å². The molecule has 0 amide bonds. The standard InChI is InChI=1S/C17H19F2NO/c1-3-21-17-11-15(19)8-9-16(17)20-12(2)10-13-4-6-14(18)7-5-13/h4-9,11-12,20H,3,10H2,1-2H3. The average Bonchev–Trinajstić information content (AvgIpc) is 2.45.